The van der Waals surface area contributed by atoms with Crippen molar-refractivity contribution < 1.29 is 4.57 Å². The molecule has 0 fully saturated rings. The zero-order chi connectivity index (χ0) is 16.5. The van der Waals surface area contributed by atoms with Gasteiger partial charge in [0.1, 0.15) is 11.2 Å². The van der Waals surface area contributed by atoms with Crippen molar-refractivity contribution in [2.45, 2.75) is 13.5 Å². The molecular weight excluding hydrogens is 465 g/mol. The molecule has 0 unspecified atom stereocenters. The molecule has 0 N–H and O–H groups in total. The van der Waals surface area contributed by atoms with Gasteiger partial charge in [-0.1, -0.05) is 23.5 Å². The summed E-state index contributed by atoms with van der Waals surface area (Å²) in [6, 6.07) is 17.5. The lowest BCUT2D eigenvalue weighted by Crippen LogP contribution is -2.33. The third-order valence-corrected chi connectivity index (χ3v) is 8.06. The summed E-state index contributed by atoms with van der Waals surface area (Å²) in [5.41, 5.74) is 1.32. The van der Waals surface area contributed by atoms with Gasteiger partial charge < -0.3 is 0 Å². The van der Waals surface area contributed by atoms with E-state index in [0.717, 1.165) is 6.54 Å². The van der Waals surface area contributed by atoms with E-state index in [1.165, 1.54) is 32.7 Å². The monoisotopic (exact) mass is 480 g/mol. The zero-order valence-corrected chi connectivity index (χ0v) is 17.6. The maximum atomic E-state index is 2.38. The summed E-state index contributed by atoms with van der Waals surface area (Å²) in [7, 11) is 0. The van der Waals surface area contributed by atoms with E-state index in [1.54, 1.807) is 0 Å². The lowest BCUT2D eigenvalue weighted by Gasteiger charge is -1.91. The minimum Gasteiger partial charge on any atom is -0.182 e. The molecule has 0 atom stereocenters. The normalized spacial score (nSPS) is 11.8. The number of halogens is 1. The average Bonchev–Trinajstić information content (AvgIpc) is 3.30. The van der Waals surface area contributed by atoms with E-state index >= 15 is 0 Å². The maximum absolute atomic E-state index is 2.38. The van der Waals surface area contributed by atoms with Gasteiger partial charge in [-0.2, -0.15) is 4.57 Å². The second kappa shape index (κ2) is 7.07. The molecule has 4 rings (SSSR count). The number of hydrogen-bond donors (Lipinski definition) is 0. The van der Waals surface area contributed by atoms with Crippen LogP contribution in [-0.4, -0.2) is 0 Å². The van der Waals surface area contributed by atoms with Gasteiger partial charge >= 0.3 is 0 Å². The summed E-state index contributed by atoms with van der Waals surface area (Å²) in [5.74, 6) is 0. The minimum atomic E-state index is 0.993. The summed E-state index contributed by atoms with van der Waals surface area (Å²) >= 11 is 7.94. The highest BCUT2D eigenvalue weighted by Crippen LogP contribution is 2.34. The first-order valence-corrected chi connectivity index (χ1v) is 11.2. The highest BCUT2D eigenvalue weighted by molar-refractivity contribution is 14.1. The first-order valence-electron chi connectivity index (χ1n) is 7.69. The molecule has 0 aliphatic carbocycles. The van der Waals surface area contributed by atoms with Crippen LogP contribution in [-0.2, 0) is 6.54 Å². The van der Waals surface area contributed by atoms with E-state index in [0.29, 0.717) is 0 Å². The summed E-state index contributed by atoms with van der Waals surface area (Å²) in [6.45, 7) is 3.20. The van der Waals surface area contributed by atoms with Crippen molar-refractivity contribution in [1.82, 2.24) is 0 Å². The van der Waals surface area contributed by atoms with Crippen LogP contribution in [0.15, 0.2) is 48.5 Å². The number of rotatable bonds is 4. The number of nitrogens with zero attached hydrogens (tertiary/aromatic N) is 1. The molecule has 0 saturated carbocycles. The van der Waals surface area contributed by atoms with Gasteiger partial charge in [-0.25, -0.2) is 0 Å². The molecule has 0 saturated heterocycles. The molecule has 0 bridgehead atoms. The van der Waals surface area contributed by atoms with Crippen LogP contribution in [0, 0.1) is 2.88 Å². The number of thiazole rings is 1. The highest BCUT2D eigenvalue weighted by atomic mass is 127. The fourth-order valence-corrected chi connectivity index (χ4v) is 6.43. The summed E-state index contributed by atoms with van der Waals surface area (Å²) in [4.78, 5) is 4.00. The Morgan fingerprint density at radius 2 is 1.71 bits per heavy atom. The maximum Gasteiger partial charge on any atom is 0.262 e. The van der Waals surface area contributed by atoms with Gasteiger partial charge in [0, 0.05) is 26.8 Å². The number of para-hydroxylation sites is 1. The van der Waals surface area contributed by atoms with Gasteiger partial charge in [-0.05, 0) is 65.9 Å². The number of fused-ring (bicyclic) bond motifs is 1. The molecule has 4 aromatic rings. The topological polar surface area (TPSA) is 3.88 Å². The smallest absolute Gasteiger partial charge is 0.182 e. The summed E-state index contributed by atoms with van der Waals surface area (Å²) in [5, 5.41) is 1.30. The van der Waals surface area contributed by atoms with E-state index in [9.17, 15) is 0 Å². The number of aromatic nitrogens is 1. The Balaban J connectivity index is 1.65. The van der Waals surface area contributed by atoms with Crippen molar-refractivity contribution in [3.8, 4) is 9.75 Å². The third-order valence-electron chi connectivity index (χ3n) is 3.79. The van der Waals surface area contributed by atoms with E-state index in [2.05, 4.69) is 94.8 Å². The molecule has 3 aromatic heterocycles. The fraction of sp³-hybridized carbons (Fsp3) is 0.105. The molecule has 1 aromatic carbocycles. The molecule has 0 amide bonds. The first kappa shape index (κ1) is 16.4. The Labute approximate surface area is 167 Å². The van der Waals surface area contributed by atoms with Crippen LogP contribution in [0.2, 0.25) is 0 Å². The molecule has 0 aliphatic rings. The van der Waals surface area contributed by atoms with Crippen molar-refractivity contribution >= 4 is 79.0 Å². The van der Waals surface area contributed by atoms with Gasteiger partial charge in [0.05, 0.1) is 2.88 Å². The van der Waals surface area contributed by atoms with E-state index in [4.69, 9.17) is 0 Å². The Kier molecular flexibility index (Phi) is 4.85. The van der Waals surface area contributed by atoms with Gasteiger partial charge in [-0.15, -0.1) is 22.7 Å². The molecule has 24 heavy (non-hydrogen) atoms. The average molecular weight is 480 g/mol. The van der Waals surface area contributed by atoms with Gasteiger partial charge in [0.2, 0.25) is 5.52 Å². The van der Waals surface area contributed by atoms with Crippen molar-refractivity contribution in [2.75, 3.05) is 0 Å². The fourth-order valence-electron chi connectivity index (χ4n) is 2.68. The lowest BCUT2D eigenvalue weighted by atomic mass is 10.3. The number of aryl methyl sites for hydroxylation is 1. The Morgan fingerprint density at radius 3 is 2.50 bits per heavy atom. The summed E-state index contributed by atoms with van der Waals surface area (Å²) < 4.78 is 5.06. The van der Waals surface area contributed by atoms with Gasteiger partial charge in [0.25, 0.3) is 5.01 Å². The summed E-state index contributed by atoms with van der Waals surface area (Å²) in [6.07, 6.45) is 4.49. The number of thiophene rings is 2. The van der Waals surface area contributed by atoms with Crippen LogP contribution in [0.25, 0.3) is 32.1 Å². The molecular formula is C19H15INS3+. The molecule has 0 radical (unpaired) electrons. The van der Waals surface area contributed by atoms with Crippen LogP contribution in [0.5, 0.6) is 0 Å². The van der Waals surface area contributed by atoms with Crippen molar-refractivity contribution in [3.63, 3.8) is 0 Å². The van der Waals surface area contributed by atoms with Crippen LogP contribution in [0.4, 0.5) is 0 Å². The van der Waals surface area contributed by atoms with Crippen LogP contribution in [0.3, 0.4) is 0 Å². The van der Waals surface area contributed by atoms with Crippen molar-refractivity contribution in [1.29, 1.82) is 0 Å². The van der Waals surface area contributed by atoms with E-state index in [-0.39, 0.29) is 0 Å². The first-order chi connectivity index (χ1) is 11.7. The van der Waals surface area contributed by atoms with E-state index in [1.807, 2.05) is 34.0 Å². The predicted molar refractivity (Wildman–Crippen MR) is 117 cm³/mol. The molecule has 0 spiro atoms. The Bertz CT molecular complexity index is 1020. The number of hydrogen-bond acceptors (Lipinski definition) is 3. The van der Waals surface area contributed by atoms with E-state index < -0.39 is 0 Å². The molecule has 120 valence electrons. The third kappa shape index (κ3) is 3.22. The van der Waals surface area contributed by atoms with Gasteiger partial charge in [0.15, 0.2) is 0 Å². The quantitative estimate of drug-likeness (QED) is 0.224. The molecule has 0 aliphatic heterocycles. The zero-order valence-electron chi connectivity index (χ0n) is 13.0. The van der Waals surface area contributed by atoms with Crippen LogP contribution in [0.1, 0.15) is 16.8 Å². The number of benzene rings is 1. The van der Waals surface area contributed by atoms with Crippen LogP contribution >= 0.6 is 56.6 Å². The van der Waals surface area contributed by atoms with Gasteiger partial charge in [-0.3, -0.25) is 0 Å². The van der Waals surface area contributed by atoms with Crippen molar-refractivity contribution in [2.24, 2.45) is 0 Å². The Hall–Kier alpha value is -1.02. The SMILES string of the molecule is CC[n+]1c(/C=C/c2ccc(-c3ccc(I)s3)s2)sc2ccccc21. The molecule has 3 heterocycles. The lowest BCUT2D eigenvalue weighted by molar-refractivity contribution is -0.665. The van der Waals surface area contributed by atoms with Crippen molar-refractivity contribution in [3.05, 3.63) is 61.3 Å². The minimum absolute atomic E-state index is 0.993. The molecule has 5 heteroatoms. The standard InChI is InChI=1S/C19H15INS3/c1-2-21-14-5-3-4-6-15(14)24-19(21)12-8-13-7-9-16(22-13)17-10-11-18(20)23-17/h3-12H,2H2,1H3/q+1/b12-8+. The second-order valence-electron chi connectivity index (χ2n) is 5.29. The Morgan fingerprint density at radius 1 is 0.917 bits per heavy atom. The largest absolute Gasteiger partial charge is 0.262 e. The highest BCUT2D eigenvalue weighted by Gasteiger charge is 2.16. The predicted octanol–water partition coefficient (Wildman–Crippen LogP) is 6.77. The molecule has 1 nitrogen and oxygen atoms in total. The van der Waals surface area contributed by atoms with Crippen LogP contribution < -0.4 is 4.57 Å². The second-order valence-corrected chi connectivity index (χ2v) is 10.4.